The molecule has 0 saturated heterocycles. The Labute approximate surface area is 128 Å². The maximum atomic E-state index is 13.0. The second kappa shape index (κ2) is 6.93. The third-order valence-electron chi connectivity index (χ3n) is 2.20. The fourth-order valence-electron chi connectivity index (χ4n) is 1.41. The number of halogens is 1. The maximum Gasteiger partial charge on any atom is 0.412 e. The smallest absolute Gasteiger partial charge is 0.412 e. The Bertz CT molecular complexity index is 638. The highest BCUT2D eigenvalue weighted by Gasteiger charge is 2.20. The van der Waals surface area contributed by atoms with Gasteiger partial charge in [-0.1, -0.05) is 0 Å². The zero-order valence-corrected chi connectivity index (χ0v) is 13.5. The largest absolute Gasteiger partial charge is 0.465 e. The lowest BCUT2D eigenvalue weighted by Gasteiger charge is -2.20. The molecule has 0 aliphatic rings. The molecular formula is C13H18FNO6S. The Hall–Kier alpha value is -1.87. The van der Waals surface area contributed by atoms with Gasteiger partial charge in [0.05, 0.1) is 5.69 Å². The van der Waals surface area contributed by atoms with E-state index in [1.165, 1.54) is 13.2 Å². The van der Waals surface area contributed by atoms with E-state index < -0.39 is 26.8 Å². The van der Waals surface area contributed by atoms with Crippen LogP contribution in [-0.2, 0) is 19.7 Å². The van der Waals surface area contributed by atoms with Gasteiger partial charge in [0, 0.05) is 13.2 Å². The van der Waals surface area contributed by atoms with Crippen molar-refractivity contribution in [2.75, 3.05) is 19.2 Å². The molecule has 1 aromatic rings. The SMILES string of the molecule is COCOc1cc(S(=O)(=O)F)ccc1NC(=O)OC(C)(C)C. The van der Waals surface area contributed by atoms with Crippen molar-refractivity contribution in [1.82, 2.24) is 0 Å². The number of rotatable bonds is 5. The standard InChI is InChI=1S/C13H18FNO6S/c1-13(2,3)21-12(16)15-10-6-5-9(22(14,17)18)7-11(10)20-8-19-4/h5-7H,8H2,1-4H3,(H,15,16). The lowest BCUT2D eigenvalue weighted by Crippen LogP contribution is -2.27. The fourth-order valence-corrected chi connectivity index (χ4v) is 1.89. The van der Waals surface area contributed by atoms with Crippen molar-refractivity contribution < 1.29 is 31.3 Å². The number of ether oxygens (including phenoxy) is 3. The van der Waals surface area contributed by atoms with Gasteiger partial charge in [0.2, 0.25) is 0 Å². The van der Waals surface area contributed by atoms with Crippen LogP contribution in [0.5, 0.6) is 5.75 Å². The highest BCUT2D eigenvalue weighted by Crippen LogP contribution is 2.29. The number of amides is 1. The number of hydrogen-bond donors (Lipinski definition) is 1. The van der Waals surface area contributed by atoms with Crippen LogP contribution >= 0.6 is 0 Å². The molecule has 0 spiro atoms. The van der Waals surface area contributed by atoms with Gasteiger partial charge in [-0.2, -0.15) is 8.42 Å². The molecule has 124 valence electrons. The van der Waals surface area contributed by atoms with E-state index in [4.69, 9.17) is 14.2 Å². The van der Waals surface area contributed by atoms with Crippen LogP contribution in [0.4, 0.5) is 14.4 Å². The number of benzene rings is 1. The minimum Gasteiger partial charge on any atom is -0.465 e. The quantitative estimate of drug-likeness (QED) is 0.657. The summed E-state index contributed by atoms with van der Waals surface area (Å²) in [6, 6.07) is 3.14. The lowest BCUT2D eigenvalue weighted by atomic mass is 10.2. The molecule has 0 atom stereocenters. The molecule has 0 aliphatic heterocycles. The minimum absolute atomic E-state index is 0.0635. The highest BCUT2D eigenvalue weighted by molar-refractivity contribution is 7.86. The number of anilines is 1. The Morgan fingerprint density at radius 1 is 1.32 bits per heavy atom. The highest BCUT2D eigenvalue weighted by atomic mass is 32.3. The van der Waals surface area contributed by atoms with Crippen LogP contribution in [0.2, 0.25) is 0 Å². The molecule has 1 rings (SSSR count). The Morgan fingerprint density at radius 3 is 2.45 bits per heavy atom. The van der Waals surface area contributed by atoms with Gasteiger partial charge in [-0.3, -0.25) is 5.32 Å². The molecule has 0 aliphatic carbocycles. The first-order valence-corrected chi connectivity index (χ1v) is 7.62. The van der Waals surface area contributed by atoms with Gasteiger partial charge in [-0.25, -0.2) is 4.79 Å². The molecule has 1 N–H and O–H groups in total. The summed E-state index contributed by atoms with van der Waals surface area (Å²) in [5, 5.41) is 2.40. The summed E-state index contributed by atoms with van der Waals surface area (Å²) >= 11 is 0. The van der Waals surface area contributed by atoms with Crippen molar-refractivity contribution in [3.05, 3.63) is 18.2 Å². The molecule has 22 heavy (non-hydrogen) atoms. The first-order valence-electron chi connectivity index (χ1n) is 6.23. The van der Waals surface area contributed by atoms with Crippen molar-refractivity contribution in [3.63, 3.8) is 0 Å². The van der Waals surface area contributed by atoms with Crippen LogP contribution in [0.1, 0.15) is 20.8 Å². The van der Waals surface area contributed by atoms with Crippen molar-refractivity contribution >= 4 is 22.0 Å². The molecule has 0 bridgehead atoms. The van der Waals surface area contributed by atoms with E-state index in [2.05, 4.69) is 5.32 Å². The molecule has 9 heteroatoms. The third-order valence-corrected chi connectivity index (χ3v) is 3.02. The van der Waals surface area contributed by atoms with Gasteiger partial charge in [-0.05, 0) is 32.9 Å². The van der Waals surface area contributed by atoms with Gasteiger partial charge < -0.3 is 14.2 Å². The molecule has 7 nitrogen and oxygen atoms in total. The lowest BCUT2D eigenvalue weighted by molar-refractivity contribution is 0.0507. The summed E-state index contributed by atoms with van der Waals surface area (Å²) in [6.07, 6.45) is -0.759. The van der Waals surface area contributed by atoms with Crippen LogP contribution in [0, 0.1) is 0 Å². The van der Waals surface area contributed by atoms with E-state index in [-0.39, 0.29) is 18.2 Å². The first kappa shape index (κ1) is 18.2. The van der Waals surface area contributed by atoms with E-state index in [9.17, 15) is 17.1 Å². The molecule has 0 aromatic heterocycles. The molecular weight excluding hydrogens is 317 g/mol. The van der Waals surface area contributed by atoms with Crippen LogP contribution < -0.4 is 10.1 Å². The molecule has 0 unspecified atom stereocenters. The summed E-state index contributed by atoms with van der Waals surface area (Å²) in [6.45, 7) is 4.86. The summed E-state index contributed by atoms with van der Waals surface area (Å²) in [5.41, 5.74) is -0.585. The minimum atomic E-state index is -4.89. The van der Waals surface area contributed by atoms with E-state index in [1.807, 2.05) is 0 Å². The monoisotopic (exact) mass is 335 g/mol. The van der Waals surface area contributed by atoms with Crippen molar-refractivity contribution in [2.45, 2.75) is 31.3 Å². The Morgan fingerprint density at radius 2 is 1.95 bits per heavy atom. The zero-order chi connectivity index (χ0) is 17.0. The van der Waals surface area contributed by atoms with Crippen LogP contribution in [-0.4, -0.2) is 34.0 Å². The summed E-state index contributed by atoms with van der Waals surface area (Å²) < 4.78 is 49.7. The summed E-state index contributed by atoms with van der Waals surface area (Å²) in [7, 11) is -3.53. The van der Waals surface area contributed by atoms with Gasteiger partial charge in [0.15, 0.2) is 6.79 Å². The average Bonchev–Trinajstić information content (AvgIpc) is 2.33. The predicted molar refractivity (Wildman–Crippen MR) is 77.1 cm³/mol. The third kappa shape index (κ3) is 5.86. The van der Waals surface area contributed by atoms with Gasteiger partial charge in [-0.15, -0.1) is 3.89 Å². The van der Waals surface area contributed by atoms with E-state index in [0.717, 1.165) is 12.1 Å². The van der Waals surface area contributed by atoms with Crippen LogP contribution in [0.15, 0.2) is 23.1 Å². The molecule has 0 fully saturated rings. The second-order valence-corrected chi connectivity index (χ2v) is 6.62. The van der Waals surface area contributed by atoms with E-state index in [0.29, 0.717) is 0 Å². The maximum absolute atomic E-state index is 13.0. The van der Waals surface area contributed by atoms with Crippen molar-refractivity contribution in [3.8, 4) is 5.75 Å². The van der Waals surface area contributed by atoms with Gasteiger partial charge in [0.25, 0.3) is 0 Å². The second-order valence-electron chi connectivity index (χ2n) is 5.27. The number of carbonyl (C=O) groups is 1. The summed E-state index contributed by atoms with van der Waals surface area (Å²) in [4.78, 5) is 11.1. The van der Waals surface area contributed by atoms with Crippen LogP contribution in [0.25, 0.3) is 0 Å². The van der Waals surface area contributed by atoms with Gasteiger partial charge >= 0.3 is 16.3 Å². The molecule has 0 heterocycles. The molecule has 0 radical (unpaired) electrons. The molecule has 1 aromatic carbocycles. The van der Waals surface area contributed by atoms with Crippen molar-refractivity contribution in [1.29, 1.82) is 0 Å². The molecule has 0 saturated carbocycles. The first-order chi connectivity index (χ1) is 10.0. The molecule has 1 amide bonds. The van der Waals surface area contributed by atoms with E-state index >= 15 is 0 Å². The normalized spacial score (nSPS) is 11.9. The number of methoxy groups -OCH3 is 1. The number of carbonyl (C=O) groups excluding carboxylic acids is 1. The Kier molecular flexibility index (Phi) is 5.72. The fraction of sp³-hybridized carbons (Fsp3) is 0.462. The van der Waals surface area contributed by atoms with Crippen LogP contribution in [0.3, 0.4) is 0 Å². The van der Waals surface area contributed by atoms with Crippen molar-refractivity contribution in [2.24, 2.45) is 0 Å². The summed E-state index contributed by atoms with van der Waals surface area (Å²) in [5.74, 6) is -0.0635. The van der Waals surface area contributed by atoms with E-state index in [1.54, 1.807) is 20.8 Å². The topological polar surface area (TPSA) is 90.9 Å². The predicted octanol–water partition coefficient (Wildman–Crippen LogP) is 2.67. The zero-order valence-electron chi connectivity index (χ0n) is 12.7. The number of nitrogens with one attached hydrogen (secondary N) is 1. The average molecular weight is 335 g/mol. The van der Waals surface area contributed by atoms with Gasteiger partial charge in [0.1, 0.15) is 16.2 Å². The Balaban J connectivity index is 3.05. The number of hydrogen-bond acceptors (Lipinski definition) is 6.